The van der Waals surface area contributed by atoms with Crippen molar-refractivity contribution in [2.24, 2.45) is 0 Å². The molecule has 0 spiro atoms. The molecule has 0 saturated carbocycles. The highest BCUT2D eigenvalue weighted by Gasteiger charge is 2.25. The van der Waals surface area contributed by atoms with Crippen LogP contribution in [0.15, 0.2) is 47.0 Å². The molecular formula is C22H20ClFN2O4. The number of hydrogen-bond acceptors (Lipinski definition) is 5. The molecule has 1 atom stereocenters. The Morgan fingerprint density at radius 2 is 2.17 bits per heavy atom. The summed E-state index contributed by atoms with van der Waals surface area (Å²) in [6, 6.07) is 11.3. The van der Waals surface area contributed by atoms with Crippen molar-refractivity contribution in [1.82, 2.24) is 5.16 Å². The van der Waals surface area contributed by atoms with Crippen LogP contribution in [0, 0.1) is 12.7 Å². The lowest BCUT2D eigenvalue weighted by Crippen LogP contribution is -2.16. The second kappa shape index (κ2) is 8.85. The summed E-state index contributed by atoms with van der Waals surface area (Å²) in [5.41, 5.74) is 0.720. The largest absolute Gasteiger partial charge is 0.491 e. The standard InChI is InChI=1S/C22H20ClFN2O4/c1-13-19(21(26-30-13)20-17(23)8-3-9-18(20)24)22(27)25-14-5-2-6-15(11-14)29-12-16-7-4-10-28-16/h2-3,5-6,8-9,11,16H,4,7,10,12H2,1H3,(H,25,27). The molecule has 1 saturated heterocycles. The number of carbonyl (C=O) groups is 1. The molecule has 8 heteroatoms. The van der Waals surface area contributed by atoms with Crippen molar-refractivity contribution < 1.29 is 23.2 Å². The van der Waals surface area contributed by atoms with Crippen LogP contribution in [0.2, 0.25) is 5.02 Å². The van der Waals surface area contributed by atoms with Crippen molar-refractivity contribution >= 4 is 23.2 Å². The highest BCUT2D eigenvalue weighted by Crippen LogP contribution is 2.34. The van der Waals surface area contributed by atoms with Crippen molar-refractivity contribution in [2.75, 3.05) is 18.5 Å². The monoisotopic (exact) mass is 430 g/mol. The normalized spacial score (nSPS) is 15.9. The van der Waals surface area contributed by atoms with Gasteiger partial charge in [-0.1, -0.05) is 28.9 Å². The van der Waals surface area contributed by atoms with E-state index in [1.807, 2.05) is 0 Å². The lowest BCUT2D eigenvalue weighted by atomic mass is 10.0. The molecule has 3 aromatic rings. The van der Waals surface area contributed by atoms with Crippen LogP contribution in [0.4, 0.5) is 10.1 Å². The lowest BCUT2D eigenvalue weighted by molar-refractivity contribution is 0.0680. The van der Waals surface area contributed by atoms with Gasteiger partial charge in [-0.05, 0) is 44.0 Å². The maximum Gasteiger partial charge on any atom is 0.261 e. The molecule has 1 aromatic heterocycles. The number of carbonyl (C=O) groups excluding carboxylic acids is 1. The number of nitrogens with one attached hydrogen (secondary N) is 1. The second-order valence-corrected chi connectivity index (χ2v) is 7.39. The van der Waals surface area contributed by atoms with Crippen molar-refractivity contribution in [3.8, 4) is 17.0 Å². The van der Waals surface area contributed by atoms with Gasteiger partial charge < -0.3 is 19.3 Å². The fourth-order valence-electron chi connectivity index (χ4n) is 3.36. The van der Waals surface area contributed by atoms with E-state index in [4.69, 9.17) is 25.6 Å². The predicted octanol–water partition coefficient (Wildman–Crippen LogP) is 5.25. The Morgan fingerprint density at radius 1 is 1.33 bits per heavy atom. The molecule has 1 amide bonds. The minimum absolute atomic E-state index is 0.0230. The molecule has 1 N–H and O–H groups in total. The third kappa shape index (κ3) is 4.32. The van der Waals surface area contributed by atoms with Crippen LogP contribution in [-0.4, -0.2) is 30.4 Å². The number of aromatic nitrogens is 1. The number of halogens is 2. The number of benzene rings is 2. The Labute approximate surface area is 177 Å². The van der Waals surface area contributed by atoms with Gasteiger partial charge in [-0.15, -0.1) is 0 Å². The third-order valence-electron chi connectivity index (χ3n) is 4.84. The molecule has 1 aliphatic rings. The highest BCUT2D eigenvalue weighted by molar-refractivity contribution is 6.33. The van der Waals surface area contributed by atoms with E-state index < -0.39 is 11.7 Å². The molecule has 30 heavy (non-hydrogen) atoms. The van der Waals surface area contributed by atoms with Gasteiger partial charge in [0, 0.05) is 18.4 Å². The average Bonchev–Trinajstić information content (AvgIpc) is 3.36. The zero-order valence-corrected chi connectivity index (χ0v) is 17.0. The van der Waals surface area contributed by atoms with Gasteiger partial charge in [0.2, 0.25) is 0 Å². The van der Waals surface area contributed by atoms with Gasteiger partial charge in [0.1, 0.15) is 35.2 Å². The summed E-state index contributed by atoms with van der Waals surface area (Å²) in [6.07, 6.45) is 2.11. The SMILES string of the molecule is Cc1onc(-c2c(F)cccc2Cl)c1C(=O)Nc1cccc(OCC2CCCO2)c1. The first-order valence-corrected chi connectivity index (χ1v) is 9.97. The van der Waals surface area contributed by atoms with Crippen LogP contribution < -0.4 is 10.1 Å². The Hall–Kier alpha value is -2.90. The first-order valence-electron chi connectivity index (χ1n) is 9.59. The number of amides is 1. The summed E-state index contributed by atoms with van der Waals surface area (Å²) in [5, 5.41) is 6.79. The van der Waals surface area contributed by atoms with Gasteiger partial charge >= 0.3 is 0 Å². The molecule has 2 heterocycles. The fraction of sp³-hybridized carbons (Fsp3) is 0.273. The van der Waals surface area contributed by atoms with E-state index in [2.05, 4.69) is 10.5 Å². The van der Waals surface area contributed by atoms with Gasteiger partial charge in [-0.25, -0.2) is 4.39 Å². The zero-order valence-electron chi connectivity index (χ0n) is 16.3. The van der Waals surface area contributed by atoms with E-state index in [0.29, 0.717) is 18.0 Å². The molecule has 1 fully saturated rings. The van der Waals surface area contributed by atoms with E-state index >= 15 is 0 Å². The quantitative estimate of drug-likeness (QED) is 0.578. The number of hydrogen-bond donors (Lipinski definition) is 1. The minimum Gasteiger partial charge on any atom is -0.491 e. The number of ether oxygens (including phenoxy) is 2. The van der Waals surface area contributed by atoms with Crippen molar-refractivity contribution in [2.45, 2.75) is 25.9 Å². The Morgan fingerprint density at radius 3 is 2.93 bits per heavy atom. The topological polar surface area (TPSA) is 73.6 Å². The Kier molecular flexibility index (Phi) is 6.01. The third-order valence-corrected chi connectivity index (χ3v) is 5.16. The van der Waals surface area contributed by atoms with Gasteiger partial charge in [-0.2, -0.15) is 0 Å². The molecule has 1 unspecified atom stereocenters. The van der Waals surface area contributed by atoms with Crippen LogP contribution in [0.3, 0.4) is 0 Å². The summed E-state index contributed by atoms with van der Waals surface area (Å²) < 4.78 is 30.8. The molecule has 6 nitrogen and oxygen atoms in total. The Balaban J connectivity index is 1.54. The number of rotatable bonds is 6. The summed E-state index contributed by atoms with van der Waals surface area (Å²) in [5.74, 6) is -0.205. The van der Waals surface area contributed by atoms with Gasteiger partial charge in [0.25, 0.3) is 5.91 Å². The molecule has 0 radical (unpaired) electrons. The predicted molar refractivity (Wildman–Crippen MR) is 111 cm³/mol. The molecule has 156 valence electrons. The molecular weight excluding hydrogens is 411 g/mol. The van der Waals surface area contributed by atoms with Crippen LogP contribution in [0.5, 0.6) is 5.75 Å². The van der Waals surface area contributed by atoms with Gasteiger partial charge in [0.15, 0.2) is 0 Å². The first kappa shape index (κ1) is 20.4. The van der Waals surface area contributed by atoms with E-state index in [-0.39, 0.29) is 33.7 Å². The first-order chi connectivity index (χ1) is 14.5. The molecule has 4 rings (SSSR count). The van der Waals surface area contributed by atoms with Crippen molar-refractivity contribution in [3.63, 3.8) is 0 Å². The highest BCUT2D eigenvalue weighted by atomic mass is 35.5. The second-order valence-electron chi connectivity index (χ2n) is 6.99. The van der Waals surface area contributed by atoms with E-state index in [0.717, 1.165) is 19.4 Å². The fourth-order valence-corrected chi connectivity index (χ4v) is 3.61. The summed E-state index contributed by atoms with van der Waals surface area (Å²) in [6.45, 7) is 2.80. The zero-order chi connectivity index (χ0) is 21.1. The van der Waals surface area contributed by atoms with E-state index in [1.165, 1.54) is 18.2 Å². The molecule has 1 aliphatic heterocycles. The maximum absolute atomic E-state index is 14.4. The smallest absolute Gasteiger partial charge is 0.261 e. The summed E-state index contributed by atoms with van der Waals surface area (Å²) in [4.78, 5) is 13.0. The van der Waals surface area contributed by atoms with Crippen molar-refractivity contribution in [1.29, 1.82) is 0 Å². The summed E-state index contributed by atoms with van der Waals surface area (Å²) >= 11 is 6.14. The summed E-state index contributed by atoms with van der Waals surface area (Å²) in [7, 11) is 0. The lowest BCUT2D eigenvalue weighted by Gasteiger charge is -2.13. The van der Waals surface area contributed by atoms with Crippen LogP contribution in [0.1, 0.15) is 29.0 Å². The maximum atomic E-state index is 14.4. The van der Waals surface area contributed by atoms with Crippen LogP contribution in [-0.2, 0) is 4.74 Å². The average molecular weight is 431 g/mol. The van der Waals surface area contributed by atoms with E-state index in [1.54, 1.807) is 31.2 Å². The van der Waals surface area contributed by atoms with Crippen molar-refractivity contribution in [3.05, 3.63) is 64.6 Å². The van der Waals surface area contributed by atoms with Gasteiger partial charge in [0.05, 0.1) is 16.7 Å². The van der Waals surface area contributed by atoms with E-state index in [9.17, 15) is 9.18 Å². The minimum atomic E-state index is -0.589. The van der Waals surface area contributed by atoms with Crippen LogP contribution in [0.25, 0.3) is 11.3 Å². The molecule has 0 bridgehead atoms. The molecule has 2 aromatic carbocycles. The number of aryl methyl sites for hydroxylation is 1. The van der Waals surface area contributed by atoms with Gasteiger partial charge in [-0.3, -0.25) is 4.79 Å². The number of anilines is 1. The van der Waals surface area contributed by atoms with Crippen LogP contribution >= 0.6 is 11.6 Å². The molecule has 0 aliphatic carbocycles. The Bertz CT molecular complexity index is 1040. The number of nitrogens with zero attached hydrogens (tertiary/aromatic N) is 1.